The van der Waals surface area contributed by atoms with Gasteiger partial charge in [-0.3, -0.25) is 19.9 Å². The van der Waals surface area contributed by atoms with Gasteiger partial charge in [0.05, 0.1) is 37.7 Å². The van der Waals surface area contributed by atoms with Gasteiger partial charge in [0.1, 0.15) is 18.1 Å². The molecule has 2 atom stereocenters. The quantitative estimate of drug-likeness (QED) is 0.189. The van der Waals surface area contributed by atoms with Gasteiger partial charge in [0.25, 0.3) is 0 Å². The van der Waals surface area contributed by atoms with Crippen LogP contribution in [0.4, 0.5) is 18.9 Å². The van der Waals surface area contributed by atoms with Crippen molar-refractivity contribution in [3.05, 3.63) is 59.5 Å². The number of rotatable bonds is 11. The number of morpholine rings is 1. The number of aromatic nitrogens is 1. The maximum atomic E-state index is 13.6. The first-order valence-electron chi connectivity index (χ1n) is 14.6. The van der Waals surface area contributed by atoms with Crippen LogP contribution in [0.15, 0.2) is 36.5 Å². The molecule has 0 radical (unpaired) electrons. The predicted octanol–water partition coefficient (Wildman–Crippen LogP) is 4.49. The molecule has 2 aliphatic heterocycles. The molecule has 2 aromatic carbocycles. The monoisotopic (exact) mass is 602 g/mol. The van der Waals surface area contributed by atoms with Crippen molar-refractivity contribution in [1.82, 2.24) is 15.4 Å². The SMILES string of the molecule is COc1ccc2ncc(N3CCOCC3)c(CCCC3CC(C(=O)NO)CCN3CCOc3cc(F)c(F)c(F)c3)c2c1. The summed E-state index contributed by atoms with van der Waals surface area (Å²) in [6.07, 6.45) is 5.39. The Kier molecular flexibility index (Phi) is 10.2. The number of hydroxylamine groups is 1. The number of benzene rings is 2. The van der Waals surface area contributed by atoms with Crippen molar-refractivity contribution in [1.29, 1.82) is 0 Å². The van der Waals surface area contributed by atoms with E-state index in [1.165, 1.54) is 5.56 Å². The fraction of sp³-hybridized carbons (Fsp3) is 0.484. The van der Waals surface area contributed by atoms with Crippen LogP contribution in [0.2, 0.25) is 0 Å². The number of nitrogens with zero attached hydrogens (tertiary/aromatic N) is 3. The van der Waals surface area contributed by atoms with Crippen molar-refractivity contribution in [3.63, 3.8) is 0 Å². The number of nitrogens with one attached hydrogen (secondary N) is 1. The lowest BCUT2D eigenvalue weighted by Crippen LogP contribution is -2.47. The Bertz CT molecular complexity index is 1400. The van der Waals surface area contributed by atoms with Crippen LogP contribution in [0, 0.1) is 23.4 Å². The summed E-state index contributed by atoms with van der Waals surface area (Å²) in [5.41, 5.74) is 4.93. The van der Waals surface area contributed by atoms with Crippen molar-refractivity contribution >= 4 is 22.5 Å². The molecule has 2 unspecified atom stereocenters. The van der Waals surface area contributed by atoms with Crippen LogP contribution in [0.5, 0.6) is 11.5 Å². The Hall–Kier alpha value is -3.61. The lowest BCUT2D eigenvalue weighted by atomic mass is 9.87. The number of likely N-dealkylation sites (tertiary alicyclic amines) is 1. The average Bonchev–Trinajstić information content (AvgIpc) is 3.03. The van der Waals surface area contributed by atoms with Gasteiger partial charge in [-0.2, -0.15) is 0 Å². The summed E-state index contributed by atoms with van der Waals surface area (Å²) in [5, 5.41) is 10.3. The molecule has 0 saturated carbocycles. The standard InChI is InChI=1S/C31H37F3N4O5/c1-41-22-5-6-28-25(16-22)24(29(19-35-28)38-9-12-42-13-10-38)4-2-3-21-15-20(31(39)36-40)7-8-37(21)11-14-43-23-17-26(32)30(34)27(33)18-23/h5-6,16-21,40H,2-4,7-15H2,1H3,(H,36,39). The lowest BCUT2D eigenvalue weighted by molar-refractivity contribution is -0.135. The minimum absolute atomic E-state index is 0.0100. The first kappa shape index (κ1) is 30.8. The average molecular weight is 603 g/mol. The summed E-state index contributed by atoms with van der Waals surface area (Å²) in [6.45, 7) is 4.04. The number of carbonyl (C=O) groups excluding carboxylic acids is 1. The number of piperidine rings is 1. The molecule has 1 amide bonds. The van der Waals surface area contributed by atoms with E-state index in [1.54, 1.807) is 12.6 Å². The van der Waals surface area contributed by atoms with Crippen molar-refractivity contribution in [3.8, 4) is 11.5 Å². The van der Waals surface area contributed by atoms with E-state index in [2.05, 4.69) is 9.80 Å². The topological polar surface area (TPSA) is 96.4 Å². The van der Waals surface area contributed by atoms with Crippen molar-refractivity contribution < 1.29 is 37.4 Å². The zero-order valence-corrected chi connectivity index (χ0v) is 24.2. The normalized spacial score (nSPS) is 19.4. The van der Waals surface area contributed by atoms with Gasteiger partial charge >= 0.3 is 0 Å². The summed E-state index contributed by atoms with van der Waals surface area (Å²) in [4.78, 5) is 21.5. The number of hydrogen-bond acceptors (Lipinski definition) is 8. The molecule has 5 rings (SSSR count). The van der Waals surface area contributed by atoms with Crippen LogP contribution in [0.1, 0.15) is 31.2 Å². The molecule has 3 heterocycles. The lowest BCUT2D eigenvalue weighted by Gasteiger charge is -2.39. The minimum Gasteiger partial charge on any atom is -0.497 e. The maximum absolute atomic E-state index is 13.6. The number of ether oxygens (including phenoxy) is 3. The summed E-state index contributed by atoms with van der Waals surface area (Å²) in [6, 6.07) is 7.55. The fourth-order valence-electron chi connectivity index (χ4n) is 6.12. The number of methoxy groups -OCH3 is 1. The molecule has 12 heteroatoms. The van der Waals surface area contributed by atoms with Gasteiger partial charge in [-0.1, -0.05) is 0 Å². The summed E-state index contributed by atoms with van der Waals surface area (Å²) in [7, 11) is 1.64. The van der Waals surface area contributed by atoms with Crippen LogP contribution >= 0.6 is 0 Å². The molecule has 2 N–H and O–H groups in total. The first-order valence-corrected chi connectivity index (χ1v) is 14.6. The molecule has 232 valence electrons. The van der Waals surface area contributed by atoms with E-state index in [4.69, 9.17) is 19.2 Å². The molecule has 9 nitrogen and oxygen atoms in total. The Balaban J connectivity index is 1.30. The Labute approximate surface area is 248 Å². The van der Waals surface area contributed by atoms with Gasteiger partial charge in [-0.05, 0) is 62.4 Å². The molecular weight excluding hydrogens is 565 g/mol. The Morgan fingerprint density at radius 2 is 1.88 bits per heavy atom. The van der Waals surface area contributed by atoms with Crippen LogP contribution in [0.3, 0.4) is 0 Å². The molecule has 0 spiro atoms. The number of anilines is 1. The highest BCUT2D eigenvalue weighted by atomic mass is 19.2. The molecule has 2 saturated heterocycles. The Morgan fingerprint density at radius 1 is 1.12 bits per heavy atom. The van der Waals surface area contributed by atoms with E-state index in [0.29, 0.717) is 39.1 Å². The van der Waals surface area contributed by atoms with E-state index >= 15 is 0 Å². The largest absolute Gasteiger partial charge is 0.497 e. The molecular formula is C31H37F3N4O5. The molecule has 2 fully saturated rings. The number of fused-ring (bicyclic) bond motifs is 1. The molecule has 2 aliphatic rings. The van der Waals surface area contributed by atoms with Crippen molar-refractivity contribution in [2.75, 3.05) is 58.0 Å². The number of hydrogen-bond donors (Lipinski definition) is 2. The third kappa shape index (κ3) is 7.31. The zero-order chi connectivity index (χ0) is 30.3. The first-order chi connectivity index (χ1) is 20.9. The number of halogens is 3. The second-order valence-electron chi connectivity index (χ2n) is 10.9. The third-order valence-electron chi connectivity index (χ3n) is 8.40. The third-order valence-corrected chi connectivity index (χ3v) is 8.40. The van der Waals surface area contributed by atoms with Gasteiger partial charge < -0.3 is 19.1 Å². The van der Waals surface area contributed by atoms with Gasteiger partial charge in [0.15, 0.2) is 17.5 Å². The number of carbonyl (C=O) groups is 1. The highest BCUT2D eigenvalue weighted by molar-refractivity contribution is 5.88. The highest BCUT2D eigenvalue weighted by Gasteiger charge is 2.32. The second-order valence-corrected chi connectivity index (χ2v) is 10.9. The van der Waals surface area contributed by atoms with Crippen molar-refractivity contribution in [2.24, 2.45) is 5.92 Å². The van der Waals surface area contributed by atoms with Crippen LogP contribution in [0.25, 0.3) is 10.9 Å². The van der Waals surface area contributed by atoms with Crippen LogP contribution in [-0.2, 0) is 16.0 Å². The Morgan fingerprint density at radius 3 is 2.60 bits per heavy atom. The van der Waals surface area contributed by atoms with Gasteiger partial charge in [0, 0.05) is 49.1 Å². The molecule has 0 bridgehead atoms. The molecule has 1 aromatic heterocycles. The minimum atomic E-state index is -1.53. The molecule has 43 heavy (non-hydrogen) atoms. The van der Waals surface area contributed by atoms with Gasteiger partial charge in [-0.25, -0.2) is 18.7 Å². The number of aryl methyl sites for hydroxylation is 1. The zero-order valence-electron chi connectivity index (χ0n) is 24.2. The number of pyridine rings is 1. The van der Waals surface area contributed by atoms with E-state index in [9.17, 15) is 23.2 Å². The molecule has 0 aliphatic carbocycles. The number of amides is 1. The smallest absolute Gasteiger partial charge is 0.246 e. The van der Waals surface area contributed by atoms with E-state index in [1.807, 2.05) is 24.4 Å². The second kappa shape index (κ2) is 14.2. The highest BCUT2D eigenvalue weighted by Crippen LogP contribution is 2.33. The predicted molar refractivity (Wildman–Crippen MR) is 154 cm³/mol. The summed E-state index contributed by atoms with van der Waals surface area (Å²) >= 11 is 0. The summed E-state index contributed by atoms with van der Waals surface area (Å²) < 4.78 is 57.2. The molecule has 3 aromatic rings. The van der Waals surface area contributed by atoms with Crippen molar-refractivity contribution in [2.45, 2.75) is 38.1 Å². The fourth-order valence-corrected chi connectivity index (χ4v) is 6.12. The van der Waals surface area contributed by atoms with Crippen LogP contribution < -0.4 is 19.9 Å². The van der Waals surface area contributed by atoms with Gasteiger partial charge in [0.2, 0.25) is 5.91 Å². The van der Waals surface area contributed by atoms with Gasteiger partial charge in [-0.15, -0.1) is 0 Å². The van der Waals surface area contributed by atoms with E-state index < -0.39 is 23.4 Å². The maximum Gasteiger partial charge on any atom is 0.246 e. The van der Waals surface area contributed by atoms with E-state index in [0.717, 1.165) is 66.8 Å². The summed E-state index contributed by atoms with van der Waals surface area (Å²) in [5.74, 6) is -4.20. The van der Waals surface area contributed by atoms with E-state index in [-0.39, 0.29) is 24.3 Å². The van der Waals surface area contributed by atoms with Crippen LogP contribution in [-0.4, -0.2) is 80.1 Å².